The average Bonchev–Trinajstić information content (AvgIpc) is 2.32. The molecule has 0 unspecified atom stereocenters. The summed E-state index contributed by atoms with van der Waals surface area (Å²) in [6, 6.07) is 1.93. The molecule has 1 aromatic carbocycles. The number of nitrogens with two attached hydrogens (primary N) is 1. The molecule has 20 heavy (non-hydrogen) atoms. The molecule has 0 fully saturated rings. The van der Waals surface area contributed by atoms with E-state index in [2.05, 4.69) is 0 Å². The lowest BCUT2D eigenvalue weighted by atomic mass is 10.1. The van der Waals surface area contributed by atoms with Gasteiger partial charge >= 0.3 is 6.18 Å². The van der Waals surface area contributed by atoms with E-state index in [0.717, 1.165) is 12.1 Å². The van der Waals surface area contributed by atoms with E-state index < -0.39 is 42.4 Å². The summed E-state index contributed by atoms with van der Waals surface area (Å²) in [5.41, 5.74) is 4.09. The van der Waals surface area contributed by atoms with Gasteiger partial charge in [0.25, 0.3) is 5.91 Å². The Hall–Kier alpha value is -1.70. The largest absolute Gasteiger partial charge is 0.406 e. The summed E-state index contributed by atoms with van der Waals surface area (Å²) in [4.78, 5) is 12.2. The van der Waals surface area contributed by atoms with Crippen molar-refractivity contribution in [3.8, 4) is 0 Å². The van der Waals surface area contributed by atoms with Gasteiger partial charge in [0.2, 0.25) is 0 Å². The maximum absolute atomic E-state index is 13.7. The van der Waals surface area contributed by atoms with Gasteiger partial charge < -0.3 is 10.6 Å². The van der Waals surface area contributed by atoms with Crippen molar-refractivity contribution in [2.45, 2.75) is 13.1 Å². The molecule has 0 aliphatic heterocycles. The highest BCUT2D eigenvalue weighted by Crippen LogP contribution is 2.21. The molecule has 0 atom stereocenters. The fourth-order valence-electron chi connectivity index (χ4n) is 1.64. The van der Waals surface area contributed by atoms with Gasteiger partial charge in [0.15, 0.2) is 0 Å². The first-order valence-electron chi connectivity index (χ1n) is 5.68. The smallest absolute Gasteiger partial charge is 0.329 e. The lowest BCUT2D eigenvalue weighted by Crippen LogP contribution is -2.42. The summed E-state index contributed by atoms with van der Waals surface area (Å²) in [6.45, 7) is -1.04. The lowest BCUT2D eigenvalue weighted by Gasteiger charge is -2.24. The fraction of sp³-hybridized carbons (Fsp3) is 0.417. The molecule has 8 heteroatoms. The van der Waals surface area contributed by atoms with E-state index >= 15 is 0 Å². The van der Waals surface area contributed by atoms with Crippen LogP contribution in [-0.2, 0) is 0 Å². The highest BCUT2D eigenvalue weighted by molar-refractivity contribution is 5.95. The Balaban J connectivity index is 3.16. The number of amides is 1. The standard InChI is InChI=1S/C12H13F5N2O/c1-7-2-3-8(13)9(10(7)14)11(20)19(5-4-18)6-12(15,16)17/h2-3H,4-6,18H2,1H3. The third kappa shape index (κ3) is 3.89. The van der Waals surface area contributed by atoms with Crippen LogP contribution in [0.25, 0.3) is 0 Å². The van der Waals surface area contributed by atoms with Crippen LogP contribution in [0.2, 0.25) is 0 Å². The van der Waals surface area contributed by atoms with E-state index in [0.29, 0.717) is 0 Å². The maximum Gasteiger partial charge on any atom is 0.406 e. The lowest BCUT2D eigenvalue weighted by molar-refractivity contribution is -0.140. The van der Waals surface area contributed by atoms with E-state index in [1.807, 2.05) is 0 Å². The van der Waals surface area contributed by atoms with E-state index in [1.165, 1.54) is 6.92 Å². The predicted octanol–water partition coefficient (Wildman–Crippen LogP) is 2.24. The number of carbonyl (C=O) groups is 1. The maximum atomic E-state index is 13.7. The number of alkyl halides is 3. The van der Waals surface area contributed by atoms with Crippen LogP contribution in [0.3, 0.4) is 0 Å². The van der Waals surface area contributed by atoms with Gasteiger partial charge in [-0.2, -0.15) is 13.2 Å². The van der Waals surface area contributed by atoms with E-state index in [4.69, 9.17) is 5.73 Å². The van der Waals surface area contributed by atoms with Crippen LogP contribution in [0, 0.1) is 18.6 Å². The summed E-state index contributed by atoms with van der Waals surface area (Å²) in [7, 11) is 0. The second-order valence-corrected chi connectivity index (χ2v) is 4.18. The first-order chi connectivity index (χ1) is 9.17. The van der Waals surface area contributed by atoms with Gasteiger partial charge in [-0.05, 0) is 18.6 Å². The zero-order valence-electron chi connectivity index (χ0n) is 10.6. The fourth-order valence-corrected chi connectivity index (χ4v) is 1.64. The molecule has 0 aliphatic carbocycles. The van der Waals surface area contributed by atoms with Gasteiger partial charge in [-0.1, -0.05) is 6.07 Å². The van der Waals surface area contributed by atoms with Crippen LogP contribution in [0.4, 0.5) is 22.0 Å². The summed E-state index contributed by atoms with van der Waals surface area (Å²) in [6.07, 6.45) is -4.68. The first-order valence-corrected chi connectivity index (χ1v) is 5.68. The Morgan fingerprint density at radius 2 is 1.90 bits per heavy atom. The van der Waals surface area contributed by atoms with Crippen molar-refractivity contribution in [3.05, 3.63) is 34.9 Å². The van der Waals surface area contributed by atoms with E-state index in [1.54, 1.807) is 0 Å². The minimum atomic E-state index is -4.68. The van der Waals surface area contributed by atoms with Crippen molar-refractivity contribution in [3.63, 3.8) is 0 Å². The van der Waals surface area contributed by atoms with Crippen molar-refractivity contribution < 1.29 is 26.7 Å². The van der Waals surface area contributed by atoms with Crippen molar-refractivity contribution in [2.24, 2.45) is 5.73 Å². The molecule has 0 spiro atoms. The van der Waals surface area contributed by atoms with Crippen LogP contribution in [-0.4, -0.2) is 36.6 Å². The number of carbonyl (C=O) groups excluding carboxylic acids is 1. The SMILES string of the molecule is Cc1ccc(F)c(C(=O)N(CCN)CC(F)(F)F)c1F. The number of rotatable bonds is 4. The first kappa shape index (κ1) is 16.4. The third-order valence-electron chi connectivity index (χ3n) is 2.55. The monoisotopic (exact) mass is 296 g/mol. The van der Waals surface area contributed by atoms with Crippen LogP contribution in [0.15, 0.2) is 12.1 Å². The molecule has 112 valence electrons. The number of nitrogens with zero attached hydrogens (tertiary/aromatic N) is 1. The van der Waals surface area contributed by atoms with E-state index in [9.17, 15) is 26.7 Å². The number of aryl methyl sites for hydroxylation is 1. The minimum Gasteiger partial charge on any atom is -0.329 e. The molecule has 0 aliphatic rings. The van der Waals surface area contributed by atoms with Gasteiger partial charge in [-0.25, -0.2) is 8.78 Å². The molecule has 0 saturated carbocycles. The van der Waals surface area contributed by atoms with Gasteiger partial charge in [0.05, 0.1) is 0 Å². The number of halogens is 5. The molecular weight excluding hydrogens is 283 g/mol. The Bertz CT molecular complexity index is 501. The van der Waals surface area contributed by atoms with Crippen molar-refractivity contribution in [2.75, 3.05) is 19.6 Å². The molecule has 3 nitrogen and oxygen atoms in total. The van der Waals surface area contributed by atoms with Crippen LogP contribution in [0.5, 0.6) is 0 Å². The van der Waals surface area contributed by atoms with E-state index in [-0.39, 0.29) is 17.0 Å². The predicted molar refractivity (Wildman–Crippen MR) is 62.1 cm³/mol. The Morgan fingerprint density at radius 1 is 1.30 bits per heavy atom. The Kier molecular flexibility index (Phi) is 5.04. The van der Waals surface area contributed by atoms with Crippen LogP contribution >= 0.6 is 0 Å². The number of benzene rings is 1. The molecule has 0 bridgehead atoms. The molecule has 0 saturated heterocycles. The van der Waals surface area contributed by atoms with Gasteiger partial charge in [-0.15, -0.1) is 0 Å². The third-order valence-corrected chi connectivity index (χ3v) is 2.55. The van der Waals surface area contributed by atoms with Gasteiger partial charge in [0, 0.05) is 13.1 Å². The minimum absolute atomic E-state index is 0.0329. The number of hydrogen-bond donors (Lipinski definition) is 1. The van der Waals surface area contributed by atoms with Crippen LogP contribution < -0.4 is 5.73 Å². The van der Waals surface area contributed by atoms with Crippen molar-refractivity contribution >= 4 is 5.91 Å². The summed E-state index contributed by atoms with van der Waals surface area (Å²) >= 11 is 0. The quantitative estimate of drug-likeness (QED) is 0.866. The second-order valence-electron chi connectivity index (χ2n) is 4.18. The average molecular weight is 296 g/mol. The molecule has 0 heterocycles. The molecule has 0 aromatic heterocycles. The normalized spacial score (nSPS) is 11.6. The zero-order valence-corrected chi connectivity index (χ0v) is 10.6. The summed E-state index contributed by atoms with van der Waals surface area (Å²) < 4.78 is 64.4. The van der Waals surface area contributed by atoms with Crippen molar-refractivity contribution in [1.29, 1.82) is 0 Å². The Morgan fingerprint density at radius 3 is 2.40 bits per heavy atom. The van der Waals surface area contributed by atoms with Gasteiger partial charge in [-0.3, -0.25) is 4.79 Å². The Labute approximate surface area is 112 Å². The van der Waals surface area contributed by atoms with Gasteiger partial charge in [0.1, 0.15) is 23.7 Å². The second kappa shape index (κ2) is 6.17. The number of hydrogen-bond acceptors (Lipinski definition) is 2. The highest BCUT2D eigenvalue weighted by Gasteiger charge is 2.34. The molecular formula is C12H13F5N2O. The molecule has 1 aromatic rings. The molecule has 1 amide bonds. The molecule has 0 radical (unpaired) electrons. The topological polar surface area (TPSA) is 46.3 Å². The highest BCUT2D eigenvalue weighted by atomic mass is 19.4. The van der Waals surface area contributed by atoms with Crippen LogP contribution in [0.1, 0.15) is 15.9 Å². The summed E-state index contributed by atoms with van der Waals surface area (Å²) in [5.74, 6) is -3.74. The van der Waals surface area contributed by atoms with Crippen molar-refractivity contribution in [1.82, 2.24) is 4.90 Å². The molecule has 2 N–H and O–H groups in total. The summed E-state index contributed by atoms with van der Waals surface area (Å²) in [5, 5.41) is 0. The zero-order chi connectivity index (χ0) is 15.5. The molecule has 1 rings (SSSR count).